The van der Waals surface area contributed by atoms with Crippen molar-refractivity contribution in [2.75, 3.05) is 7.11 Å². The van der Waals surface area contributed by atoms with Gasteiger partial charge in [-0.05, 0) is 47.7 Å². The second-order valence-electron chi connectivity index (χ2n) is 7.59. The molecule has 2 aliphatic rings. The van der Waals surface area contributed by atoms with Gasteiger partial charge in [-0.1, -0.05) is 37.1 Å². The number of carbonyl (C=O) groups is 1. The fourth-order valence-electron chi connectivity index (χ4n) is 4.69. The number of benzene rings is 2. The lowest BCUT2D eigenvalue weighted by Crippen LogP contribution is -2.31. The summed E-state index contributed by atoms with van der Waals surface area (Å²) >= 11 is 0. The first kappa shape index (κ1) is 17.0. The second-order valence-corrected chi connectivity index (χ2v) is 7.59. The number of amides is 1. The number of carbonyl (C=O) groups excluding carboxylic acids is 1. The summed E-state index contributed by atoms with van der Waals surface area (Å²) in [5.41, 5.74) is 5.17. The average molecular weight is 373 g/mol. The van der Waals surface area contributed by atoms with Gasteiger partial charge in [-0.25, -0.2) is 0 Å². The number of nitrogens with zero attached hydrogens (tertiary/aromatic N) is 2. The molecule has 3 aromatic rings. The average Bonchev–Trinajstić information content (AvgIpc) is 3.29. The summed E-state index contributed by atoms with van der Waals surface area (Å²) in [7, 11) is 1.68. The van der Waals surface area contributed by atoms with E-state index < -0.39 is 0 Å². The molecule has 0 aliphatic carbocycles. The number of aromatic amines is 1. The molecule has 1 amide bonds. The van der Waals surface area contributed by atoms with E-state index in [9.17, 15) is 4.79 Å². The largest absolute Gasteiger partial charge is 0.497 e. The predicted molar refractivity (Wildman–Crippen MR) is 107 cm³/mol. The van der Waals surface area contributed by atoms with Crippen molar-refractivity contribution in [3.05, 3.63) is 71.5 Å². The van der Waals surface area contributed by atoms with Gasteiger partial charge in [0.25, 0.3) is 5.91 Å². The van der Waals surface area contributed by atoms with E-state index in [1.54, 1.807) is 13.3 Å². The van der Waals surface area contributed by atoms with Crippen LogP contribution in [0.4, 0.5) is 0 Å². The van der Waals surface area contributed by atoms with Gasteiger partial charge in [0.1, 0.15) is 5.75 Å². The Morgan fingerprint density at radius 3 is 2.71 bits per heavy atom. The molecule has 0 spiro atoms. The molecule has 1 saturated heterocycles. The van der Waals surface area contributed by atoms with Crippen molar-refractivity contribution in [1.29, 1.82) is 0 Å². The van der Waals surface area contributed by atoms with Gasteiger partial charge in [0, 0.05) is 17.3 Å². The second kappa shape index (κ2) is 6.82. The van der Waals surface area contributed by atoms with E-state index in [1.165, 1.54) is 0 Å². The maximum Gasteiger partial charge on any atom is 0.255 e. The SMILES string of the molecule is COc1cccc(C2CCCCC3c4ccc(-c5cn[nH]c5)cc4C(=O)N23)c1. The van der Waals surface area contributed by atoms with Crippen LogP contribution in [-0.4, -0.2) is 28.1 Å². The van der Waals surface area contributed by atoms with Gasteiger partial charge in [-0.3, -0.25) is 9.89 Å². The Morgan fingerprint density at radius 1 is 1.07 bits per heavy atom. The van der Waals surface area contributed by atoms with E-state index in [0.29, 0.717) is 0 Å². The first-order valence-corrected chi connectivity index (χ1v) is 9.86. The standard InChI is InChI=1S/C23H23N3O2/c1-28-18-6-4-5-16(11-18)21-7-2-3-8-22-19-10-9-15(17-13-24-25-14-17)12-20(19)23(27)26(21)22/h4-6,9-14,21-22H,2-3,7-8H2,1H3,(H,24,25). The van der Waals surface area contributed by atoms with Crippen LogP contribution in [0.25, 0.3) is 11.1 Å². The van der Waals surface area contributed by atoms with Crippen molar-refractivity contribution in [3.63, 3.8) is 0 Å². The number of nitrogens with one attached hydrogen (secondary N) is 1. The molecule has 1 aromatic heterocycles. The van der Waals surface area contributed by atoms with E-state index in [2.05, 4.69) is 39.4 Å². The fourth-order valence-corrected chi connectivity index (χ4v) is 4.69. The summed E-state index contributed by atoms with van der Waals surface area (Å²) in [6.45, 7) is 0. The van der Waals surface area contributed by atoms with Gasteiger partial charge < -0.3 is 9.64 Å². The van der Waals surface area contributed by atoms with Crippen molar-refractivity contribution in [3.8, 4) is 16.9 Å². The number of fused-ring (bicyclic) bond motifs is 3. The van der Waals surface area contributed by atoms with E-state index in [0.717, 1.165) is 59.3 Å². The van der Waals surface area contributed by atoms with E-state index in [4.69, 9.17) is 4.74 Å². The molecule has 3 heterocycles. The topological polar surface area (TPSA) is 58.2 Å². The van der Waals surface area contributed by atoms with Crippen LogP contribution in [0.5, 0.6) is 5.75 Å². The normalized spacial score (nSPS) is 21.2. The highest BCUT2D eigenvalue weighted by Gasteiger charge is 2.42. The summed E-state index contributed by atoms with van der Waals surface area (Å²) in [4.78, 5) is 15.6. The monoisotopic (exact) mass is 373 g/mol. The van der Waals surface area contributed by atoms with Crippen LogP contribution < -0.4 is 4.74 Å². The third kappa shape index (κ3) is 2.70. The molecule has 0 radical (unpaired) electrons. The van der Waals surface area contributed by atoms with Crippen LogP contribution in [0.1, 0.15) is 59.3 Å². The Bertz CT molecular complexity index is 1010. The van der Waals surface area contributed by atoms with Gasteiger partial charge in [0.15, 0.2) is 0 Å². The molecule has 0 bridgehead atoms. The van der Waals surface area contributed by atoms with Gasteiger partial charge in [-0.15, -0.1) is 0 Å². The van der Waals surface area contributed by atoms with Crippen LogP contribution in [0.15, 0.2) is 54.9 Å². The maximum absolute atomic E-state index is 13.5. The summed E-state index contributed by atoms with van der Waals surface area (Å²) in [5, 5.41) is 6.88. The van der Waals surface area contributed by atoms with Gasteiger partial charge >= 0.3 is 0 Å². The molecule has 2 unspecified atom stereocenters. The Kier molecular flexibility index (Phi) is 4.15. The molecule has 5 rings (SSSR count). The molecular formula is C23H23N3O2. The molecular weight excluding hydrogens is 350 g/mol. The van der Waals surface area contributed by atoms with Crippen molar-refractivity contribution in [1.82, 2.24) is 15.1 Å². The van der Waals surface area contributed by atoms with Crippen molar-refractivity contribution in [2.45, 2.75) is 37.8 Å². The molecule has 1 fully saturated rings. The van der Waals surface area contributed by atoms with E-state index in [-0.39, 0.29) is 18.0 Å². The molecule has 5 heteroatoms. The first-order valence-electron chi connectivity index (χ1n) is 9.86. The fraction of sp³-hybridized carbons (Fsp3) is 0.304. The van der Waals surface area contributed by atoms with E-state index in [1.807, 2.05) is 24.4 Å². The zero-order valence-corrected chi connectivity index (χ0v) is 15.9. The third-order valence-corrected chi connectivity index (χ3v) is 6.06. The van der Waals surface area contributed by atoms with Crippen molar-refractivity contribution in [2.24, 2.45) is 0 Å². The number of aromatic nitrogens is 2. The smallest absolute Gasteiger partial charge is 0.255 e. The number of rotatable bonds is 3. The Hall–Kier alpha value is -3.08. The number of ether oxygens (including phenoxy) is 1. The lowest BCUT2D eigenvalue weighted by atomic mass is 9.97. The van der Waals surface area contributed by atoms with Crippen LogP contribution in [0.3, 0.4) is 0 Å². The molecule has 2 atom stereocenters. The number of hydrogen-bond donors (Lipinski definition) is 1. The van der Waals surface area contributed by atoms with Crippen LogP contribution in [0, 0.1) is 0 Å². The molecule has 142 valence electrons. The molecule has 0 saturated carbocycles. The Morgan fingerprint density at radius 2 is 1.93 bits per heavy atom. The summed E-state index contributed by atoms with van der Waals surface area (Å²) < 4.78 is 5.42. The van der Waals surface area contributed by atoms with Gasteiger partial charge in [0.2, 0.25) is 0 Å². The molecule has 2 aromatic carbocycles. The summed E-state index contributed by atoms with van der Waals surface area (Å²) in [6, 6.07) is 14.6. The predicted octanol–water partition coefficient (Wildman–Crippen LogP) is 4.90. The molecule has 1 N–H and O–H groups in total. The van der Waals surface area contributed by atoms with E-state index >= 15 is 0 Å². The lowest BCUT2D eigenvalue weighted by molar-refractivity contribution is 0.0628. The quantitative estimate of drug-likeness (QED) is 0.710. The number of H-pyrrole nitrogens is 1. The zero-order chi connectivity index (χ0) is 19.1. The third-order valence-electron chi connectivity index (χ3n) is 6.06. The maximum atomic E-state index is 13.5. The molecule has 2 aliphatic heterocycles. The highest BCUT2D eigenvalue weighted by Crippen LogP contribution is 2.47. The summed E-state index contributed by atoms with van der Waals surface area (Å²) in [6.07, 6.45) is 7.92. The highest BCUT2D eigenvalue weighted by molar-refractivity contribution is 6.00. The van der Waals surface area contributed by atoms with Crippen LogP contribution in [0.2, 0.25) is 0 Å². The minimum absolute atomic E-state index is 0.0832. The molecule has 28 heavy (non-hydrogen) atoms. The minimum Gasteiger partial charge on any atom is -0.497 e. The van der Waals surface area contributed by atoms with Crippen LogP contribution in [-0.2, 0) is 0 Å². The lowest BCUT2D eigenvalue weighted by Gasteiger charge is -2.32. The zero-order valence-electron chi connectivity index (χ0n) is 15.9. The summed E-state index contributed by atoms with van der Waals surface area (Å²) in [5.74, 6) is 0.977. The molecule has 5 nitrogen and oxygen atoms in total. The highest BCUT2D eigenvalue weighted by atomic mass is 16.5. The minimum atomic E-state index is 0.0832. The first-order chi connectivity index (χ1) is 13.8. The van der Waals surface area contributed by atoms with Gasteiger partial charge in [-0.2, -0.15) is 5.10 Å². The Balaban J connectivity index is 1.56. The van der Waals surface area contributed by atoms with Crippen molar-refractivity contribution < 1.29 is 9.53 Å². The number of hydrogen-bond acceptors (Lipinski definition) is 3. The Labute approximate surface area is 164 Å². The van der Waals surface area contributed by atoms with Crippen molar-refractivity contribution >= 4 is 5.91 Å². The van der Waals surface area contributed by atoms with Crippen LogP contribution >= 0.6 is 0 Å². The van der Waals surface area contributed by atoms with Gasteiger partial charge in [0.05, 0.1) is 25.4 Å². The number of methoxy groups -OCH3 is 1.